The van der Waals surface area contributed by atoms with Gasteiger partial charge in [-0.15, -0.1) is 0 Å². The first-order chi connectivity index (χ1) is 13.4. The maximum atomic E-state index is 13.4. The smallest absolute Gasteiger partial charge is 0.318 e. The fourth-order valence-corrected chi connectivity index (χ4v) is 3.63. The van der Waals surface area contributed by atoms with Gasteiger partial charge in [-0.05, 0) is 50.6 Å². The van der Waals surface area contributed by atoms with E-state index in [9.17, 15) is 14.0 Å². The van der Waals surface area contributed by atoms with E-state index in [-0.39, 0.29) is 36.4 Å². The summed E-state index contributed by atoms with van der Waals surface area (Å²) in [7, 11) is 0. The number of urea groups is 1. The number of aromatic nitrogens is 1. The third-order valence-electron chi connectivity index (χ3n) is 5.06. The van der Waals surface area contributed by atoms with E-state index in [1.54, 1.807) is 21.9 Å². The van der Waals surface area contributed by atoms with Crippen LogP contribution in [0.3, 0.4) is 0 Å². The van der Waals surface area contributed by atoms with Crippen LogP contribution in [0.15, 0.2) is 42.6 Å². The van der Waals surface area contributed by atoms with Gasteiger partial charge < -0.3 is 19.7 Å². The van der Waals surface area contributed by atoms with Gasteiger partial charge in [0.15, 0.2) is 0 Å². The Morgan fingerprint density at radius 1 is 1.21 bits per heavy atom. The van der Waals surface area contributed by atoms with Crippen molar-refractivity contribution in [2.75, 3.05) is 19.6 Å². The first-order valence-electron chi connectivity index (χ1n) is 9.66. The van der Waals surface area contributed by atoms with Gasteiger partial charge in [0.25, 0.3) is 0 Å². The summed E-state index contributed by atoms with van der Waals surface area (Å²) < 4.78 is 15.5. The molecule has 0 saturated carbocycles. The lowest BCUT2D eigenvalue weighted by Gasteiger charge is -2.39. The van der Waals surface area contributed by atoms with Gasteiger partial charge >= 0.3 is 6.03 Å². The molecule has 0 bridgehead atoms. The van der Waals surface area contributed by atoms with E-state index < -0.39 is 0 Å². The Hall–Kier alpha value is -2.83. The van der Waals surface area contributed by atoms with Crippen LogP contribution in [0.25, 0.3) is 0 Å². The van der Waals surface area contributed by atoms with Gasteiger partial charge in [0.05, 0.1) is 6.04 Å². The number of rotatable bonds is 5. The predicted octanol–water partition coefficient (Wildman–Crippen LogP) is 3.00. The first kappa shape index (κ1) is 19.9. The van der Waals surface area contributed by atoms with E-state index in [1.807, 2.05) is 39.1 Å². The summed E-state index contributed by atoms with van der Waals surface area (Å²) in [6, 6.07) is 9.54. The van der Waals surface area contributed by atoms with Crippen molar-refractivity contribution in [3.8, 4) is 0 Å². The van der Waals surface area contributed by atoms with Gasteiger partial charge in [-0.3, -0.25) is 4.79 Å². The Bertz CT molecular complexity index is 831. The van der Waals surface area contributed by atoms with E-state index in [0.29, 0.717) is 19.6 Å². The number of hydrogen-bond acceptors (Lipinski definition) is 2. The summed E-state index contributed by atoms with van der Waals surface area (Å²) in [6.07, 6.45) is 1.99. The summed E-state index contributed by atoms with van der Waals surface area (Å²) in [6.45, 7) is 7.36. The molecule has 2 aromatic rings. The molecule has 2 heterocycles. The van der Waals surface area contributed by atoms with Crippen molar-refractivity contribution in [3.05, 3.63) is 59.7 Å². The van der Waals surface area contributed by atoms with Crippen LogP contribution in [0.1, 0.15) is 38.1 Å². The molecule has 6 nitrogen and oxygen atoms in total. The zero-order valence-electron chi connectivity index (χ0n) is 16.6. The number of carbonyl (C=O) groups is 2. The van der Waals surface area contributed by atoms with Crippen molar-refractivity contribution in [3.63, 3.8) is 0 Å². The molecule has 0 fully saturated rings. The molecular weight excluding hydrogens is 359 g/mol. The molecule has 0 saturated heterocycles. The second kappa shape index (κ2) is 8.46. The van der Waals surface area contributed by atoms with E-state index in [2.05, 4.69) is 9.88 Å². The maximum absolute atomic E-state index is 13.4. The van der Waals surface area contributed by atoms with Crippen LogP contribution in [0, 0.1) is 5.82 Å². The highest BCUT2D eigenvalue weighted by Crippen LogP contribution is 2.32. The van der Waals surface area contributed by atoms with Crippen LogP contribution in [0.5, 0.6) is 0 Å². The fourth-order valence-electron chi connectivity index (χ4n) is 3.63. The molecule has 1 N–H and O–H groups in total. The Balaban J connectivity index is 1.89. The second-order valence-corrected chi connectivity index (χ2v) is 7.22. The Kier molecular flexibility index (Phi) is 6.02. The normalized spacial score (nSPS) is 16.0. The minimum absolute atomic E-state index is 0.00189. The summed E-state index contributed by atoms with van der Waals surface area (Å²) in [5, 5.41) is 2.77. The molecule has 0 aliphatic carbocycles. The summed E-state index contributed by atoms with van der Waals surface area (Å²) in [5.41, 5.74) is 1.84. The second-order valence-electron chi connectivity index (χ2n) is 7.22. The molecule has 1 aliphatic rings. The molecule has 150 valence electrons. The van der Waals surface area contributed by atoms with Crippen LogP contribution >= 0.6 is 0 Å². The predicted molar refractivity (Wildman–Crippen MR) is 105 cm³/mol. The fraction of sp³-hybridized carbons (Fsp3) is 0.429. The minimum Gasteiger partial charge on any atom is -0.348 e. The largest absolute Gasteiger partial charge is 0.348 e. The van der Waals surface area contributed by atoms with E-state index >= 15 is 0 Å². The lowest BCUT2D eigenvalue weighted by Crippen LogP contribution is -2.51. The molecule has 0 unspecified atom stereocenters. The average molecular weight is 386 g/mol. The quantitative estimate of drug-likeness (QED) is 0.859. The molecule has 7 heteroatoms. The molecule has 1 aromatic heterocycles. The standard InChI is InChI=1S/C21H27FN4O2/c1-4-23-21(28)26(15(2)3)14-19(27)25-13-12-24-11-5-6-18(24)20(25)16-7-9-17(22)10-8-16/h5-11,15,20H,4,12-14H2,1-3H3,(H,23,28)/t20-/m0/s1. The molecule has 0 radical (unpaired) electrons. The Labute approximate surface area is 164 Å². The van der Waals surface area contributed by atoms with Gasteiger partial charge in [0.1, 0.15) is 12.4 Å². The third-order valence-corrected chi connectivity index (χ3v) is 5.06. The van der Waals surface area contributed by atoms with E-state index in [1.165, 1.54) is 12.1 Å². The van der Waals surface area contributed by atoms with Crippen molar-refractivity contribution in [1.82, 2.24) is 19.7 Å². The Morgan fingerprint density at radius 2 is 1.93 bits per heavy atom. The van der Waals surface area contributed by atoms with Crippen molar-refractivity contribution in [2.45, 2.75) is 39.4 Å². The number of carbonyl (C=O) groups excluding carboxylic acids is 2. The van der Waals surface area contributed by atoms with E-state index in [0.717, 1.165) is 11.3 Å². The summed E-state index contributed by atoms with van der Waals surface area (Å²) >= 11 is 0. The maximum Gasteiger partial charge on any atom is 0.318 e. The number of amides is 3. The zero-order chi connectivity index (χ0) is 20.3. The summed E-state index contributed by atoms with van der Waals surface area (Å²) in [4.78, 5) is 28.9. The number of fused-ring (bicyclic) bond motifs is 1. The van der Waals surface area contributed by atoms with Crippen molar-refractivity contribution in [2.24, 2.45) is 0 Å². The van der Waals surface area contributed by atoms with Crippen molar-refractivity contribution in [1.29, 1.82) is 0 Å². The molecule has 3 amide bonds. The number of benzene rings is 1. The van der Waals surface area contributed by atoms with Crippen LogP contribution in [-0.2, 0) is 11.3 Å². The topological polar surface area (TPSA) is 57.6 Å². The molecule has 1 aromatic carbocycles. The van der Waals surface area contributed by atoms with Crippen LogP contribution in [0.4, 0.5) is 9.18 Å². The average Bonchev–Trinajstić information content (AvgIpc) is 3.14. The Morgan fingerprint density at radius 3 is 2.57 bits per heavy atom. The number of nitrogens with one attached hydrogen (secondary N) is 1. The van der Waals surface area contributed by atoms with Gasteiger partial charge in [0, 0.05) is 37.6 Å². The molecule has 0 spiro atoms. The van der Waals surface area contributed by atoms with E-state index in [4.69, 9.17) is 0 Å². The minimum atomic E-state index is -0.310. The number of hydrogen-bond donors (Lipinski definition) is 1. The number of halogens is 1. The SMILES string of the molecule is CCNC(=O)N(CC(=O)N1CCn2cccc2[C@@H]1c1ccc(F)cc1)C(C)C. The van der Waals surface area contributed by atoms with Crippen LogP contribution in [-0.4, -0.2) is 52.0 Å². The number of nitrogens with zero attached hydrogens (tertiary/aromatic N) is 3. The third kappa shape index (κ3) is 4.03. The lowest BCUT2D eigenvalue weighted by atomic mass is 9.99. The molecule has 1 atom stereocenters. The highest BCUT2D eigenvalue weighted by atomic mass is 19.1. The highest BCUT2D eigenvalue weighted by molar-refractivity contribution is 5.85. The lowest BCUT2D eigenvalue weighted by molar-refractivity contribution is -0.134. The monoisotopic (exact) mass is 386 g/mol. The molecular formula is C21H27FN4O2. The first-order valence-corrected chi connectivity index (χ1v) is 9.66. The van der Waals surface area contributed by atoms with Crippen LogP contribution < -0.4 is 5.32 Å². The van der Waals surface area contributed by atoms with Gasteiger partial charge in [-0.2, -0.15) is 0 Å². The van der Waals surface area contributed by atoms with Gasteiger partial charge in [0.2, 0.25) is 5.91 Å². The summed E-state index contributed by atoms with van der Waals surface area (Å²) in [5.74, 6) is -0.434. The zero-order valence-corrected chi connectivity index (χ0v) is 16.6. The van der Waals surface area contributed by atoms with Crippen LogP contribution in [0.2, 0.25) is 0 Å². The molecule has 28 heavy (non-hydrogen) atoms. The van der Waals surface area contributed by atoms with Gasteiger partial charge in [-0.1, -0.05) is 12.1 Å². The van der Waals surface area contributed by atoms with Crippen molar-refractivity contribution < 1.29 is 14.0 Å². The van der Waals surface area contributed by atoms with Gasteiger partial charge in [-0.25, -0.2) is 9.18 Å². The van der Waals surface area contributed by atoms with Crippen molar-refractivity contribution >= 4 is 11.9 Å². The molecule has 3 rings (SSSR count). The highest BCUT2D eigenvalue weighted by Gasteiger charge is 2.33. The molecule has 1 aliphatic heterocycles.